The molecule has 22 heavy (non-hydrogen) atoms. The van der Waals surface area contributed by atoms with Gasteiger partial charge in [-0.15, -0.1) is 0 Å². The van der Waals surface area contributed by atoms with Gasteiger partial charge in [-0.2, -0.15) is 0 Å². The molecule has 0 atom stereocenters. The van der Waals surface area contributed by atoms with Gasteiger partial charge >= 0.3 is 0 Å². The van der Waals surface area contributed by atoms with Gasteiger partial charge in [0.15, 0.2) is 0 Å². The maximum Gasteiger partial charge on any atom is 0.259 e. The van der Waals surface area contributed by atoms with E-state index >= 15 is 0 Å². The molecule has 0 radical (unpaired) electrons. The topological polar surface area (TPSA) is 64.4 Å². The predicted octanol–water partition coefficient (Wildman–Crippen LogP) is 3.71. The molecule has 0 unspecified atom stereocenters. The van der Waals surface area contributed by atoms with Gasteiger partial charge in [0, 0.05) is 17.6 Å². The lowest BCUT2D eigenvalue weighted by Gasteiger charge is -2.10. The molecule has 0 fully saturated rings. The van der Waals surface area contributed by atoms with Crippen molar-refractivity contribution in [3.05, 3.63) is 53.6 Å². The summed E-state index contributed by atoms with van der Waals surface area (Å²) in [4.78, 5) is 16.8. The van der Waals surface area contributed by atoms with E-state index in [2.05, 4.69) is 10.3 Å². The summed E-state index contributed by atoms with van der Waals surface area (Å²) in [6, 6.07) is 9.13. The molecule has 1 amide bonds. The van der Waals surface area contributed by atoms with Crippen LogP contribution in [-0.2, 0) is 0 Å². The number of hydrogen-bond donors (Lipinski definition) is 1. The Morgan fingerprint density at radius 2 is 2.09 bits per heavy atom. The van der Waals surface area contributed by atoms with E-state index in [1.165, 1.54) is 0 Å². The number of ether oxygens (including phenoxy) is 1. The SMILES string of the molecule is COc1cc(NC(=O)c2cc(C)oc2C)c2ncccc2c1. The van der Waals surface area contributed by atoms with Crippen molar-refractivity contribution in [1.82, 2.24) is 4.98 Å². The van der Waals surface area contributed by atoms with Crippen molar-refractivity contribution in [3.8, 4) is 5.75 Å². The molecule has 0 aliphatic carbocycles. The maximum atomic E-state index is 12.5. The van der Waals surface area contributed by atoms with E-state index in [0.29, 0.717) is 28.5 Å². The molecule has 0 bridgehead atoms. The third-order valence-corrected chi connectivity index (χ3v) is 3.45. The van der Waals surface area contributed by atoms with Gasteiger partial charge in [0.2, 0.25) is 0 Å². The van der Waals surface area contributed by atoms with E-state index in [1.807, 2.05) is 25.1 Å². The first-order valence-electron chi connectivity index (χ1n) is 6.89. The Morgan fingerprint density at radius 1 is 1.27 bits per heavy atom. The minimum atomic E-state index is -0.227. The van der Waals surface area contributed by atoms with Gasteiger partial charge in [-0.3, -0.25) is 9.78 Å². The van der Waals surface area contributed by atoms with Crippen LogP contribution in [0, 0.1) is 13.8 Å². The highest BCUT2D eigenvalue weighted by molar-refractivity contribution is 6.09. The second kappa shape index (κ2) is 5.52. The summed E-state index contributed by atoms with van der Waals surface area (Å²) < 4.78 is 10.7. The second-order valence-electron chi connectivity index (χ2n) is 5.03. The number of methoxy groups -OCH3 is 1. The molecule has 2 heterocycles. The summed E-state index contributed by atoms with van der Waals surface area (Å²) in [7, 11) is 1.59. The lowest BCUT2D eigenvalue weighted by atomic mass is 10.1. The highest BCUT2D eigenvalue weighted by Crippen LogP contribution is 2.28. The molecule has 112 valence electrons. The molecule has 0 saturated carbocycles. The number of carbonyl (C=O) groups is 1. The van der Waals surface area contributed by atoms with E-state index in [4.69, 9.17) is 9.15 Å². The molecular formula is C17H16N2O3. The number of carbonyl (C=O) groups excluding carboxylic acids is 1. The fourth-order valence-electron chi connectivity index (χ4n) is 2.42. The average Bonchev–Trinajstić information content (AvgIpc) is 2.85. The Kier molecular flexibility index (Phi) is 3.55. The van der Waals surface area contributed by atoms with Crippen LogP contribution in [0.15, 0.2) is 40.9 Å². The second-order valence-corrected chi connectivity index (χ2v) is 5.03. The molecule has 0 spiro atoms. The standard InChI is InChI=1S/C17H16N2O3/c1-10-7-14(11(2)22-10)17(20)19-15-9-13(21-3)8-12-5-4-6-18-16(12)15/h4-9H,1-3H3,(H,19,20). The van der Waals surface area contributed by atoms with Crippen LogP contribution in [0.3, 0.4) is 0 Å². The summed E-state index contributed by atoms with van der Waals surface area (Å²) in [6.07, 6.45) is 1.69. The number of fused-ring (bicyclic) bond motifs is 1. The van der Waals surface area contributed by atoms with Crippen LogP contribution in [0.25, 0.3) is 10.9 Å². The van der Waals surface area contributed by atoms with Gasteiger partial charge in [-0.05, 0) is 32.0 Å². The van der Waals surface area contributed by atoms with Crippen LogP contribution < -0.4 is 10.1 Å². The molecular weight excluding hydrogens is 280 g/mol. The van der Waals surface area contributed by atoms with Crippen LogP contribution in [0.2, 0.25) is 0 Å². The van der Waals surface area contributed by atoms with Gasteiger partial charge in [0.25, 0.3) is 5.91 Å². The first-order valence-corrected chi connectivity index (χ1v) is 6.89. The fraction of sp³-hybridized carbons (Fsp3) is 0.176. The van der Waals surface area contributed by atoms with E-state index < -0.39 is 0 Å². The molecule has 5 heteroatoms. The average molecular weight is 296 g/mol. The molecule has 0 aliphatic heterocycles. The van der Waals surface area contributed by atoms with Crippen molar-refractivity contribution < 1.29 is 13.9 Å². The zero-order chi connectivity index (χ0) is 15.7. The Balaban J connectivity index is 2.03. The van der Waals surface area contributed by atoms with E-state index in [-0.39, 0.29) is 5.91 Å². The molecule has 0 aliphatic rings. The Hall–Kier alpha value is -2.82. The third kappa shape index (κ3) is 2.53. The number of benzene rings is 1. The van der Waals surface area contributed by atoms with E-state index in [9.17, 15) is 4.79 Å². The van der Waals surface area contributed by atoms with Crippen LogP contribution in [0.5, 0.6) is 5.75 Å². The Bertz CT molecular complexity index is 852. The molecule has 0 saturated heterocycles. The van der Waals surface area contributed by atoms with Gasteiger partial charge in [-0.1, -0.05) is 6.07 Å². The third-order valence-electron chi connectivity index (χ3n) is 3.45. The highest BCUT2D eigenvalue weighted by atomic mass is 16.5. The summed E-state index contributed by atoms with van der Waals surface area (Å²) in [5.41, 5.74) is 1.84. The lowest BCUT2D eigenvalue weighted by molar-refractivity contribution is 0.102. The summed E-state index contributed by atoms with van der Waals surface area (Å²) in [5.74, 6) is 1.73. The number of rotatable bonds is 3. The van der Waals surface area contributed by atoms with Crippen molar-refractivity contribution in [2.24, 2.45) is 0 Å². The smallest absolute Gasteiger partial charge is 0.259 e. The van der Waals surface area contributed by atoms with E-state index in [1.54, 1.807) is 32.4 Å². The number of hydrogen-bond acceptors (Lipinski definition) is 4. The number of aryl methyl sites for hydroxylation is 2. The fourth-order valence-corrected chi connectivity index (χ4v) is 2.42. The Labute approximate surface area is 127 Å². The van der Waals surface area contributed by atoms with Gasteiger partial charge in [0.05, 0.1) is 23.9 Å². The normalized spacial score (nSPS) is 10.7. The molecule has 1 N–H and O–H groups in total. The van der Waals surface area contributed by atoms with Crippen molar-refractivity contribution in [2.75, 3.05) is 12.4 Å². The quantitative estimate of drug-likeness (QED) is 0.800. The van der Waals surface area contributed by atoms with Crippen molar-refractivity contribution in [3.63, 3.8) is 0 Å². The van der Waals surface area contributed by atoms with Crippen LogP contribution in [0.4, 0.5) is 5.69 Å². The molecule has 3 aromatic rings. The zero-order valence-corrected chi connectivity index (χ0v) is 12.6. The minimum absolute atomic E-state index is 0.227. The van der Waals surface area contributed by atoms with Gasteiger partial charge in [-0.25, -0.2) is 0 Å². The molecule has 2 aromatic heterocycles. The number of furan rings is 1. The number of nitrogens with zero attached hydrogens (tertiary/aromatic N) is 1. The number of aromatic nitrogens is 1. The molecule has 3 rings (SSSR count). The number of amides is 1. The summed E-state index contributed by atoms with van der Waals surface area (Å²) in [6.45, 7) is 3.58. The van der Waals surface area contributed by atoms with Crippen LogP contribution >= 0.6 is 0 Å². The summed E-state index contributed by atoms with van der Waals surface area (Å²) >= 11 is 0. The van der Waals surface area contributed by atoms with Crippen LogP contribution in [-0.4, -0.2) is 18.0 Å². The molecule has 5 nitrogen and oxygen atoms in total. The first-order chi connectivity index (χ1) is 10.6. The van der Waals surface area contributed by atoms with Crippen molar-refractivity contribution in [1.29, 1.82) is 0 Å². The van der Waals surface area contributed by atoms with E-state index in [0.717, 1.165) is 10.9 Å². The summed E-state index contributed by atoms with van der Waals surface area (Å²) in [5, 5.41) is 3.79. The first kappa shape index (κ1) is 14.1. The number of nitrogens with one attached hydrogen (secondary N) is 1. The number of pyridine rings is 1. The lowest BCUT2D eigenvalue weighted by Crippen LogP contribution is -2.12. The largest absolute Gasteiger partial charge is 0.497 e. The minimum Gasteiger partial charge on any atom is -0.497 e. The van der Waals surface area contributed by atoms with Crippen molar-refractivity contribution >= 4 is 22.5 Å². The monoisotopic (exact) mass is 296 g/mol. The van der Waals surface area contributed by atoms with Crippen molar-refractivity contribution in [2.45, 2.75) is 13.8 Å². The Morgan fingerprint density at radius 3 is 2.77 bits per heavy atom. The van der Waals surface area contributed by atoms with Gasteiger partial charge in [0.1, 0.15) is 17.3 Å². The maximum absolute atomic E-state index is 12.5. The highest BCUT2D eigenvalue weighted by Gasteiger charge is 2.15. The molecule has 1 aromatic carbocycles. The van der Waals surface area contributed by atoms with Gasteiger partial charge < -0.3 is 14.5 Å². The number of anilines is 1. The van der Waals surface area contributed by atoms with Crippen LogP contribution in [0.1, 0.15) is 21.9 Å². The predicted molar refractivity (Wildman–Crippen MR) is 84.4 cm³/mol. The zero-order valence-electron chi connectivity index (χ0n) is 12.6.